The molecule has 0 aromatic heterocycles. The molecule has 0 radical (unpaired) electrons. The van der Waals surface area contributed by atoms with Gasteiger partial charge < -0.3 is 0 Å². The number of hydrogen-bond donors (Lipinski definition) is 0. The Bertz CT molecular complexity index is 365. The summed E-state index contributed by atoms with van der Waals surface area (Å²) in [5.41, 5.74) is 4.50. The molecular formula is C14H20Zr. The van der Waals surface area contributed by atoms with Crippen LogP contribution in [0.25, 0.3) is 0 Å². The van der Waals surface area contributed by atoms with Gasteiger partial charge in [-0.25, -0.2) is 0 Å². The molecule has 0 amide bonds. The first-order valence-electron chi connectivity index (χ1n) is 5.50. The first kappa shape index (κ1) is 12.9. The predicted octanol–water partition coefficient (Wildman–Crippen LogP) is 4.56. The van der Waals surface area contributed by atoms with Crippen molar-refractivity contribution in [2.75, 3.05) is 0 Å². The molecule has 0 aromatic carbocycles. The molecule has 80 valence electrons. The number of hydrogen-bond acceptors (Lipinski definition) is 0. The summed E-state index contributed by atoms with van der Waals surface area (Å²) in [5.74, 6) is 0. The van der Waals surface area contributed by atoms with Crippen molar-refractivity contribution in [1.29, 1.82) is 0 Å². The fourth-order valence-corrected chi connectivity index (χ4v) is 4.89. The van der Waals surface area contributed by atoms with E-state index >= 15 is 0 Å². The average molecular weight is 280 g/mol. The van der Waals surface area contributed by atoms with Gasteiger partial charge in [-0.2, -0.15) is 0 Å². The van der Waals surface area contributed by atoms with Crippen molar-refractivity contribution >= 4 is 0 Å². The Labute approximate surface area is 105 Å². The Hall–Kier alpha value is -0.157. The molecule has 0 aromatic rings. The normalized spacial score (nSPS) is 18.3. The molecule has 1 aliphatic carbocycles. The maximum atomic E-state index is 2.33. The van der Waals surface area contributed by atoms with Crippen LogP contribution in [0.3, 0.4) is 0 Å². The SMILES string of the molecule is CC=C(C)C(C)=[C](C)[Zr][C]1=C(C)C=CC1. The molecule has 0 N–H and O–H groups in total. The van der Waals surface area contributed by atoms with E-state index in [9.17, 15) is 0 Å². The van der Waals surface area contributed by atoms with Gasteiger partial charge in [-0.1, -0.05) is 0 Å². The topological polar surface area (TPSA) is 0 Å². The van der Waals surface area contributed by atoms with Crippen LogP contribution in [0.1, 0.15) is 41.0 Å². The molecule has 0 atom stereocenters. The van der Waals surface area contributed by atoms with Crippen LogP contribution in [0.4, 0.5) is 0 Å². The third-order valence-corrected chi connectivity index (χ3v) is 7.15. The zero-order valence-corrected chi connectivity index (χ0v) is 12.9. The van der Waals surface area contributed by atoms with Crippen molar-refractivity contribution in [3.05, 3.63) is 41.5 Å². The standard InChI is InChI=1S/C8H13.C6H7.Zr/c1-5-7(3)8(4)6-2;1-6-4-2-3-5-6;/h5H,1-4H3;2,4H,3H2,1H3;. The third kappa shape index (κ3) is 3.42. The second kappa shape index (κ2) is 5.80. The van der Waals surface area contributed by atoms with Crippen molar-refractivity contribution in [2.45, 2.75) is 41.0 Å². The Morgan fingerprint density at radius 2 is 2.00 bits per heavy atom. The summed E-state index contributed by atoms with van der Waals surface area (Å²) in [5, 5.41) is 0. The molecule has 0 spiro atoms. The average Bonchev–Trinajstić information content (AvgIpc) is 2.62. The van der Waals surface area contributed by atoms with Gasteiger partial charge in [-0.05, 0) is 0 Å². The number of rotatable bonds is 3. The molecule has 15 heavy (non-hydrogen) atoms. The van der Waals surface area contributed by atoms with E-state index in [0.29, 0.717) is 0 Å². The maximum absolute atomic E-state index is 2.33. The van der Waals surface area contributed by atoms with E-state index in [-0.39, 0.29) is 0 Å². The Morgan fingerprint density at radius 1 is 1.33 bits per heavy atom. The van der Waals surface area contributed by atoms with E-state index in [1.807, 2.05) is 0 Å². The fourth-order valence-electron chi connectivity index (χ4n) is 1.60. The van der Waals surface area contributed by atoms with Gasteiger partial charge in [0, 0.05) is 0 Å². The summed E-state index contributed by atoms with van der Waals surface area (Å²) < 4.78 is 3.42. The van der Waals surface area contributed by atoms with Gasteiger partial charge >= 0.3 is 106 Å². The molecule has 1 aliphatic rings. The second-order valence-corrected chi connectivity index (χ2v) is 8.06. The van der Waals surface area contributed by atoms with Crippen LogP contribution in [-0.4, -0.2) is 0 Å². The van der Waals surface area contributed by atoms with Crippen LogP contribution >= 0.6 is 0 Å². The summed E-state index contributed by atoms with van der Waals surface area (Å²) in [7, 11) is 0. The van der Waals surface area contributed by atoms with Crippen LogP contribution in [0.5, 0.6) is 0 Å². The fraction of sp³-hybridized carbons (Fsp3) is 0.429. The van der Waals surface area contributed by atoms with Crippen LogP contribution < -0.4 is 0 Å². The summed E-state index contributed by atoms with van der Waals surface area (Å²) in [6.07, 6.45) is 8.02. The van der Waals surface area contributed by atoms with Crippen molar-refractivity contribution in [3.63, 3.8) is 0 Å². The van der Waals surface area contributed by atoms with Gasteiger partial charge in [0.2, 0.25) is 0 Å². The molecular weight excluding hydrogens is 259 g/mol. The van der Waals surface area contributed by atoms with E-state index < -0.39 is 23.2 Å². The van der Waals surface area contributed by atoms with Gasteiger partial charge in [0.05, 0.1) is 0 Å². The van der Waals surface area contributed by atoms with Crippen LogP contribution in [0, 0.1) is 0 Å². The molecule has 1 rings (SSSR count). The van der Waals surface area contributed by atoms with E-state index in [2.05, 4.69) is 52.8 Å². The van der Waals surface area contributed by atoms with Crippen molar-refractivity contribution in [1.82, 2.24) is 0 Å². The van der Waals surface area contributed by atoms with E-state index in [0.717, 1.165) is 0 Å². The third-order valence-electron chi connectivity index (χ3n) is 3.09. The van der Waals surface area contributed by atoms with Crippen LogP contribution in [0.2, 0.25) is 0 Å². The molecule has 0 heterocycles. The second-order valence-electron chi connectivity index (χ2n) is 4.11. The van der Waals surface area contributed by atoms with Gasteiger partial charge in [-0.3, -0.25) is 0 Å². The zero-order chi connectivity index (χ0) is 11.4. The molecule has 0 bridgehead atoms. The minimum atomic E-state index is -0.473. The van der Waals surface area contributed by atoms with Gasteiger partial charge in [0.25, 0.3) is 0 Å². The zero-order valence-electron chi connectivity index (χ0n) is 10.4. The predicted molar refractivity (Wildman–Crippen MR) is 64.3 cm³/mol. The van der Waals surface area contributed by atoms with Crippen molar-refractivity contribution in [2.24, 2.45) is 0 Å². The molecule has 1 heteroatoms. The molecule has 0 fully saturated rings. The van der Waals surface area contributed by atoms with E-state index in [1.54, 1.807) is 6.56 Å². The summed E-state index contributed by atoms with van der Waals surface area (Å²) in [4.78, 5) is 0. The Morgan fingerprint density at radius 3 is 2.47 bits per heavy atom. The van der Waals surface area contributed by atoms with Crippen LogP contribution in [-0.2, 0) is 23.2 Å². The van der Waals surface area contributed by atoms with Gasteiger partial charge in [-0.15, -0.1) is 0 Å². The van der Waals surface area contributed by atoms with E-state index in [1.165, 1.54) is 23.1 Å². The molecule has 0 aliphatic heterocycles. The molecule has 0 saturated carbocycles. The van der Waals surface area contributed by atoms with E-state index in [4.69, 9.17) is 0 Å². The first-order valence-corrected chi connectivity index (χ1v) is 7.96. The monoisotopic (exact) mass is 278 g/mol. The molecule has 0 nitrogen and oxygen atoms in total. The summed E-state index contributed by atoms with van der Waals surface area (Å²) in [6.45, 7) is 11.2. The van der Waals surface area contributed by atoms with Crippen molar-refractivity contribution < 1.29 is 23.2 Å². The molecule has 0 unspecified atom stereocenters. The summed E-state index contributed by atoms with van der Waals surface area (Å²) >= 11 is -0.473. The first-order chi connectivity index (χ1) is 7.06. The summed E-state index contributed by atoms with van der Waals surface area (Å²) in [6, 6.07) is 0. The Balaban J connectivity index is 2.79. The van der Waals surface area contributed by atoms with Crippen LogP contribution in [0.15, 0.2) is 41.5 Å². The van der Waals surface area contributed by atoms with Gasteiger partial charge in [0.15, 0.2) is 0 Å². The van der Waals surface area contributed by atoms with Gasteiger partial charge in [0.1, 0.15) is 0 Å². The minimum absolute atomic E-state index is 0.473. The quantitative estimate of drug-likeness (QED) is 0.664. The molecule has 0 saturated heterocycles. The van der Waals surface area contributed by atoms with Crippen molar-refractivity contribution in [3.8, 4) is 0 Å². The Kier molecular flexibility index (Phi) is 4.99. The number of allylic oxidation sites excluding steroid dienone is 8.